The zero-order valence-corrected chi connectivity index (χ0v) is 23.0. The summed E-state index contributed by atoms with van der Waals surface area (Å²) in [7, 11) is 1.68. The van der Waals surface area contributed by atoms with Crippen molar-refractivity contribution >= 4 is 28.1 Å². The van der Waals surface area contributed by atoms with E-state index in [9.17, 15) is 0 Å². The van der Waals surface area contributed by atoms with Crippen LogP contribution >= 0.6 is 0 Å². The van der Waals surface area contributed by atoms with Crippen molar-refractivity contribution in [1.82, 2.24) is 34.4 Å². The van der Waals surface area contributed by atoms with E-state index in [-0.39, 0.29) is 24.8 Å². The Kier molecular flexibility index (Phi) is 6.45. The molecule has 2 aromatic carbocycles. The summed E-state index contributed by atoms with van der Waals surface area (Å²) in [6.45, 7) is 2.03. The van der Waals surface area contributed by atoms with Crippen LogP contribution < -0.4 is 19.5 Å². The number of hydrogen-bond acceptors (Lipinski definition) is 10. The van der Waals surface area contributed by atoms with E-state index in [2.05, 4.69) is 30.4 Å². The Morgan fingerprint density at radius 1 is 0.952 bits per heavy atom. The number of alkyl halides is 2. The molecule has 2 fully saturated rings. The van der Waals surface area contributed by atoms with Gasteiger partial charge in [0.25, 0.3) is 5.92 Å². The van der Waals surface area contributed by atoms with Crippen molar-refractivity contribution in [2.45, 2.75) is 44.3 Å². The highest BCUT2D eigenvalue weighted by molar-refractivity contribution is 5.97. The molecule has 4 heterocycles. The largest absolute Gasteiger partial charge is 0.487 e. The predicted molar refractivity (Wildman–Crippen MR) is 150 cm³/mol. The third kappa shape index (κ3) is 5.22. The van der Waals surface area contributed by atoms with Gasteiger partial charge >= 0.3 is 0 Å². The highest BCUT2D eigenvalue weighted by atomic mass is 19.3. The van der Waals surface area contributed by atoms with Gasteiger partial charge in [0.15, 0.2) is 23.3 Å². The number of anilines is 2. The molecule has 11 nitrogen and oxygen atoms in total. The molecule has 0 bridgehead atoms. The van der Waals surface area contributed by atoms with Gasteiger partial charge in [-0.15, -0.1) is 0 Å². The van der Waals surface area contributed by atoms with Gasteiger partial charge in [-0.2, -0.15) is 5.10 Å². The molecule has 7 rings (SSSR count). The van der Waals surface area contributed by atoms with Crippen molar-refractivity contribution in [3.05, 3.63) is 60.9 Å². The van der Waals surface area contributed by atoms with Crippen LogP contribution in [0, 0.1) is 6.92 Å². The van der Waals surface area contributed by atoms with Crippen molar-refractivity contribution < 1.29 is 23.0 Å². The molecule has 1 saturated carbocycles. The Balaban J connectivity index is 1.21. The molecule has 42 heavy (non-hydrogen) atoms. The van der Waals surface area contributed by atoms with Gasteiger partial charge in [0.2, 0.25) is 5.88 Å². The second kappa shape index (κ2) is 10.3. The lowest BCUT2D eigenvalue weighted by molar-refractivity contribution is -0.135. The van der Waals surface area contributed by atoms with Gasteiger partial charge in [0, 0.05) is 24.7 Å². The Labute approximate surface area is 239 Å². The van der Waals surface area contributed by atoms with Crippen molar-refractivity contribution in [3.8, 4) is 23.1 Å². The third-order valence-corrected chi connectivity index (χ3v) is 7.32. The molecule has 1 N–H and O–H groups in total. The SMILES string of the molecule is Cc1cc(Nc2ncnc3ccc(OC4CC4)c(OC4CCN(C)CC4(F)F)c23)ccc1Oc1cc2ncnn2cn1. The number of aromatic nitrogens is 6. The summed E-state index contributed by atoms with van der Waals surface area (Å²) in [5, 5.41) is 7.85. The average Bonchev–Trinajstić information content (AvgIpc) is 3.65. The van der Waals surface area contributed by atoms with Gasteiger partial charge in [-0.3, -0.25) is 0 Å². The van der Waals surface area contributed by atoms with Crippen LogP contribution in [-0.4, -0.2) is 72.7 Å². The average molecular weight is 575 g/mol. The molecule has 5 aromatic rings. The van der Waals surface area contributed by atoms with Gasteiger partial charge in [-0.1, -0.05) is 0 Å². The summed E-state index contributed by atoms with van der Waals surface area (Å²) >= 11 is 0. The topological polar surface area (TPSA) is 112 Å². The molecule has 2 aliphatic rings. The maximum atomic E-state index is 15.1. The fourth-order valence-electron chi connectivity index (χ4n) is 5.01. The zero-order valence-electron chi connectivity index (χ0n) is 23.0. The third-order valence-electron chi connectivity index (χ3n) is 7.32. The van der Waals surface area contributed by atoms with E-state index >= 15 is 8.78 Å². The fourth-order valence-corrected chi connectivity index (χ4v) is 5.01. The first-order chi connectivity index (χ1) is 20.3. The molecule has 1 aliphatic heterocycles. The number of ether oxygens (including phenoxy) is 3. The summed E-state index contributed by atoms with van der Waals surface area (Å²) in [5.74, 6) is -0.984. The summed E-state index contributed by atoms with van der Waals surface area (Å²) in [5.41, 5.74) is 2.72. The Morgan fingerprint density at radius 3 is 2.62 bits per heavy atom. The van der Waals surface area contributed by atoms with Gasteiger partial charge in [0.1, 0.15) is 30.5 Å². The molecule has 3 aromatic heterocycles. The molecule has 1 atom stereocenters. The molecule has 216 valence electrons. The molecule has 1 saturated heterocycles. The number of piperidine rings is 1. The summed E-state index contributed by atoms with van der Waals surface area (Å²) in [4.78, 5) is 18.9. The van der Waals surface area contributed by atoms with E-state index in [4.69, 9.17) is 14.2 Å². The predicted octanol–water partition coefficient (Wildman–Crippen LogP) is 5.17. The number of halogens is 2. The van der Waals surface area contributed by atoms with Gasteiger partial charge in [-0.25, -0.2) is 33.2 Å². The number of hydrogen-bond donors (Lipinski definition) is 1. The van der Waals surface area contributed by atoms with Gasteiger partial charge in [-0.05, 0) is 62.7 Å². The minimum Gasteiger partial charge on any atom is -0.487 e. The maximum Gasteiger partial charge on any atom is 0.296 e. The van der Waals surface area contributed by atoms with Crippen LogP contribution in [0.1, 0.15) is 24.8 Å². The van der Waals surface area contributed by atoms with Crippen LogP contribution in [0.2, 0.25) is 0 Å². The highest BCUT2D eigenvalue weighted by Gasteiger charge is 2.46. The zero-order chi connectivity index (χ0) is 28.8. The van der Waals surface area contributed by atoms with Crippen LogP contribution in [0.25, 0.3) is 16.6 Å². The van der Waals surface area contributed by atoms with E-state index in [1.165, 1.54) is 19.0 Å². The standard InChI is InChI=1S/C29H28F2N8O3/c1-17-11-18(3-7-21(17)41-25-12-24-33-15-36-39(24)16-35-25)37-28-26-20(32-14-34-28)6-8-22(40-19-4-5-19)27(26)42-23-9-10-38(2)13-29(23,30)31/h3,6-8,11-12,14-16,19,23H,4-5,9-10,13H2,1-2H3,(H,32,34,37). The minimum atomic E-state index is -3.03. The first-order valence-corrected chi connectivity index (χ1v) is 13.7. The van der Waals surface area contributed by atoms with Crippen molar-refractivity contribution in [1.29, 1.82) is 0 Å². The summed E-state index contributed by atoms with van der Waals surface area (Å²) in [6, 6.07) is 10.8. The maximum absolute atomic E-state index is 15.1. The van der Waals surface area contributed by atoms with Gasteiger partial charge in [0.05, 0.1) is 23.6 Å². The quantitative estimate of drug-likeness (QED) is 0.266. The molecule has 1 aliphatic carbocycles. The molecule has 1 unspecified atom stereocenters. The molecular formula is C29H28F2N8O3. The molecule has 0 amide bonds. The number of rotatable bonds is 8. The highest BCUT2D eigenvalue weighted by Crippen LogP contribution is 2.44. The second-order valence-corrected chi connectivity index (χ2v) is 10.7. The van der Waals surface area contributed by atoms with Gasteiger partial charge < -0.3 is 24.4 Å². The Hall–Kier alpha value is -4.65. The van der Waals surface area contributed by atoms with Crippen LogP contribution in [0.15, 0.2) is 55.4 Å². The van der Waals surface area contributed by atoms with Crippen molar-refractivity contribution in [2.75, 3.05) is 25.5 Å². The first-order valence-electron chi connectivity index (χ1n) is 13.7. The van der Waals surface area contributed by atoms with E-state index in [0.29, 0.717) is 52.0 Å². The van der Waals surface area contributed by atoms with E-state index in [1.54, 1.807) is 34.7 Å². The Morgan fingerprint density at radius 2 is 1.81 bits per heavy atom. The number of nitrogens with zero attached hydrogens (tertiary/aromatic N) is 7. The lowest BCUT2D eigenvalue weighted by Crippen LogP contribution is -2.52. The lowest BCUT2D eigenvalue weighted by atomic mass is 10.0. The first kappa shape index (κ1) is 26.3. The molecular weight excluding hydrogens is 546 g/mol. The number of fused-ring (bicyclic) bond motifs is 2. The lowest BCUT2D eigenvalue weighted by Gasteiger charge is -2.36. The molecule has 0 radical (unpaired) electrons. The van der Waals surface area contributed by atoms with Crippen molar-refractivity contribution in [3.63, 3.8) is 0 Å². The molecule has 13 heteroatoms. The summed E-state index contributed by atoms with van der Waals surface area (Å²) < 4.78 is 50.0. The molecule has 0 spiro atoms. The monoisotopic (exact) mass is 574 g/mol. The number of aryl methyl sites for hydroxylation is 1. The Bertz CT molecular complexity index is 1780. The smallest absolute Gasteiger partial charge is 0.296 e. The van der Waals surface area contributed by atoms with E-state index in [1.807, 2.05) is 25.1 Å². The van der Waals surface area contributed by atoms with E-state index in [0.717, 1.165) is 18.4 Å². The minimum absolute atomic E-state index is 0.0407. The van der Waals surface area contributed by atoms with Crippen LogP contribution in [0.3, 0.4) is 0 Å². The number of benzene rings is 2. The number of nitrogens with one attached hydrogen (secondary N) is 1. The summed E-state index contributed by atoms with van der Waals surface area (Å²) in [6.07, 6.45) is 5.14. The fraction of sp³-hybridized carbons (Fsp3) is 0.345. The van der Waals surface area contributed by atoms with Crippen LogP contribution in [0.5, 0.6) is 23.1 Å². The normalized spacial score (nSPS) is 18.7. The second-order valence-electron chi connectivity index (χ2n) is 10.7. The number of likely N-dealkylation sites (tertiary alicyclic amines) is 1. The van der Waals surface area contributed by atoms with Crippen LogP contribution in [-0.2, 0) is 0 Å². The van der Waals surface area contributed by atoms with Crippen molar-refractivity contribution in [2.24, 2.45) is 0 Å². The van der Waals surface area contributed by atoms with E-state index < -0.39 is 12.0 Å². The van der Waals surface area contributed by atoms with Crippen LogP contribution in [0.4, 0.5) is 20.3 Å².